The van der Waals surface area contributed by atoms with Crippen LogP contribution in [0.5, 0.6) is 0 Å². The molecule has 0 amide bonds. The topological polar surface area (TPSA) is 38.2 Å². The van der Waals surface area contributed by atoms with E-state index in [-0.39, 0.29) is 5.54 Å². The lowest BCUT2D eigenvalue weighted by molar-refractivity contribution is 0.154. The van der Waals surface area contributed by atoms with Crippen LogP contribution in [0.25, 0.3) is 0 Å². The summed E-state index contributed by atoms with van der Waals surface area (Å²) in [6.07, 6.45) is 6.65. The van der Waals surface area contributed by atoms with Gasteiger partial charge in [0.1, 0.15) is 0 Å². The molecular weight excluding hydrogens is 138 g/mol. The summed E-state index contributed by atoms with van der Waals surface area (Å²) in [5.41, 5.74) is 7.83. The van der Waals surface area contributed by atoms with E-state index in [1.165, 1.54) is 32.1 Å². The molecule has 3 heteroatoms. The molecule has 0 bridgehead atoms. The Morgan fingerprint density at radius 2 is 1.91 bits per heavy atom. The number of rotatable bonds is 0. The van der Waals surface area contributed by atoms with Gasteiger partial charge >= 0.3 is 0 Å². The highest BCUT2D eigenvalue weighted by Gasteiger charge is 2.34. The van der Waals surface area contributed by atoms with E-state index in [9.17, 15) is 0 Å². The Labute approximate surface area is 67.9 Å². The van der Waals surface area contributed by atoms with Crippen LogP contribution in [-0.2, 0) is 0 Å². The minimum absolute atomic E-state index is 0.260. The summed E-state index contributed by atoms with van der Waals surface area (Å²) >= 11 is 0. The van der Waals surface area contributed by atoms with E-state index in [1.54, 1.807) is 0 Å². The maximum absolute atomic E-state index is 4.51. The van der Waals surface area contributed by atoms with E-state index < -0.39 is 0 Å². The van der Waals surface area contributed by atoms with Gasteiger partial charge in [0.25, 0.3) is 0 Å². The van der Waals surface area contributed by atoms with Crippen LogP contribution in [0.4, 0.5) is 0 Å². The van der Waals surface area contributed by atoms with Crippen molar-refractivity contribution in [1.82, 2.24) is 16.2 Å². The van der Waals surface area contributed by atoms with E-state index in [4.69, 9.17) is 0 Å². The zero-order valence-corrected chi connectivity index (χ0v) is 6.90. The molecule has 63 valence electrons. The molecule has 0 aromatic carbocycles. The molecule has 1 saturated heterocycles. The Hall–Kier alpha value is -0.120. The molecular formula is C8H16N3. The van der Waals surface area contributed by atoms with E-state index >= 15 is 0 Å². The second-order valence-electron chi connectivity index (χ2n) is 3.66. The smallest absolute Gasteiger partial charge is 0.0651 e. The van der Waals surface area contributed by atoms with Gasteiger partial charge in [-0.2, -0.15) is 5.43 Å². The molecule has 3 nitrogen and oxygen atoms in total. The molecule has 1 aliphatic carbocycles. The summed E-state index contributed by atoms with van der Waals surface area (Å²) in [5, 5.41) is 3.34. The fraction of sp³-hybridized carbons (Fsp3) is 1.00. The van der Waals surface area contributed by atoms with Gasteiger partial charge < -0.3 is 5.32 Å². The van der Waals surface area contributed by atoms with Crippen molar-refractivity contribution in [2.45, 2.75) is 37.6 Å². The van der Waals surface area contributed by atoms with Crippen molar-refractivity contribution < 1.29 is 0 Å². The Morgan fingerprint density at radius 3 is 2.55 bits per heavy atom. The quantitative estimate of drug-likeness (QED) is 0.528. The summed E-state index contributed by atoms with van der Waals surface area (Å²) in [4.78, 5) is 0. The first-order valence-electron chi connectivity index (χ1n) is 4.57. The van der Waals surface area contributed by atoms with Crippen molar-refractivity contribution in [3.63, 3.8) is 0 Å². The molecule has 1 aliphatic heterocycles. The van der Waals surface area contributed by atoms with Gasteiger partial charge in [-0.15, -0.1) is 0 Å². The summed E-state index contributed by atoms with van der Waals surface area (Å²) in [6, 6.07) is 0. The third-order valence-electron chi connectivity index (χ3n) is 2.76. The predicted molar refractivity (Wildman–Crippen MR) is 44.0 cm³/mol. The lowest BCUT2D eigenvalue weighted by Crippen LogP contribution is -2.61. The minimum Gasteiger partial charge on any atom is -0.301 e. The number of hydrogen-bond donors (Lipinski definition) is 2. The molecule has 1 spiro atoms. The van der Waals surface area contributed by atoms with Gasteiger partial charge in [0.15, 0.2) is 0 Å². The Kier molecular flexibility index (Phi) is 2.11. The van der Waals surface area contributed by atoms with Gasteiger partial charge in [-0.25, -0.2) is 5.43 Å². The summed E-state index contributed by atoms with van der Waals surface area (Å²) in [6.45, 7) is 1.93. The largest absolute Gasteiger partial charge is 0.301 e. The minimum atomic E-state index is 0.260. The summed E-state index contributed by atoms with van der Waals surface area (Å²) in [5.74, 6) is 0. The monoisotopic (exact) mass is 154 g/mol. The zero-order valence-electron chi connectivity index (χ0n) is 6.90. The van der Waals surface area contributed by atoms with Crippen molar-refractivity contribution in [3.05, 3.63) is 0 Å². The van der Waals surface area contributed by atoms with Gasteiger partial charge in [0.05, 0.1) is 12.2 Å². The van der Waals surface area contributed by atoms with Crippen LogP contribution in [-0.4, -0.2) is 18.8 Å². The van der Waals surface area contributed by atoms with E-state index in [0.717, 1.165) is 13.2 Å². The Balaban J connectivity index is 1.94. The maximum Gasteiger partial charge on any atom is 0.0651 e. The average Bonchev–Trinajstić information content (AvgIpc) is 2.07. The molecule has 2 rings (SSSR count). The van der Waals surface area contributed by atoms with E-state index in [0.29, 0.717) is 0 Å². The number of nitrogens with zero attached hydrogens (tertiary/aromatic N) is 1. The lowest BCUT2D eigenvalue weighted by atomic mass is 9.82. The molecule has 1 saturated carbocycles. The fourth-order valence-corrected chi connectivity index (χ4v) is 2.10. The van der Waals surface area contributed by atoms with E-state index in [2.05, 4.69) is 16.2 Å². The first kappa shape index (κ1) is 7.53. The highest BCUT2D eigenvalue weighted by atomic mass is 15.5. The second-order valence-corrected chi connectivity index (χ2v) is 3.66. The van der Waals surface area contributed by atoms with Crippen LogP contribution in [0.1, 0.15) is 32.1 Å². The summed E-state index contributed by atoms with van der Waals surface area (Å²) < 4.78 is 0. The van der Waals surface area contributed by atoms with Crippen LogP contribution in [0, 0.1) is 0 Å². The highest BCUT2D eigenvalue weighted by molar-refractivity contribution is 4.92. The third kappa shape index (κ3) is 1.55. The van der Waals surface area contributed by atoms with Gasteiger partial charge in [-0.1, -0.05) is 19.3 Å². The van der Waals surface area contributed by atoms with Crippen molar-refractivity contribution in [3.8, 4) is 0 Å². The fourth-order valence-electron chi connectivity index (χ4n) is 2.10. The Bertz CT molecular complexity index is 104. The van der Waals surface area contributed by atoms with Gasteiger partial charge in [0.2, 0.25) is 0 Å². The van der Waals surface area contributed by atoms with Crippen molar-refractivity contribution >= 4 is 0 Å². The van der Waals surface area contributed by atoms with Crippen molar-refractivity contribution in [1.29, 1.82) is 0 Å². The van der Waals surface area contributed by atoms with E-state index in [1.807, 2.05) is 0 Å². The normalized spacial score (nSPS) is 30.5. The van der Waals surface area contributed by atoms with Crippen LogP contribution in [0.15, 0.2) is 0 Å². The molecule has 1 radical (unpaired) electrons. The number of hydrogen-bond acceptors (Lipinski definition) is 2. The highest BCUT2D eigenvalue weighted by Crippen LogP contribution is 2.28. The standard InChI is InChI=1S/C8H16N3/c1-2-4-8(5-3-1)6-9-7-10-11-8/h9-10H,1-7H2. The van der Waals surface area contributed by atoms with Crippen molar-refractivity contribution in [2.24, 2.45) is 0 Å². The maximum atomic E-state index is 4.51. The molecule has 0 unspecified atom stereocenters. The Morgan fingerprint density at radius 1 is 1.09 bits per heavy atom. The van der Waals surface area contributed by atoms with Crippen LogP contribution in [0.3, 0.4) is 0 Å². The van der Waals surface area contributed by atoms with Crippen LogP contribution in [0.2, 0.25) is 0 Å². The molecule has 0 aromatic rings. The lowest BCUT2D eigenvalue weighted by Gasteiger charge is -2.39. The molecule has 1 heterocycles. The molecule has 2 fully saturated rings. The van der Waals surface area contributed by atoms with Crippen molar-refractivity contribution in [2.75, 3.05) is 13.2 Å². The van der Waals surface area contributed by atoms with Gasteiger partial charge in [0, 0.05) is 6.54 Å². The molecule has 0 atom stereocenters. The second kappa shape index (κ2) is 3.09. The molecule has 0 aromatic heterocycles. The SMILES string of the molecule is C1CCC2(CC1)CNCN[N]2. The average molecular weight is 154 g/mol. The molecule has 2 N–H and O–H groups in total. The first-order valence-corrected chi connectivity index (χ1v) is 4.57. The first-order chi connectivity index (χ1) is 5.41. The third-order valence-corrected chi connectivity index (χ3v) is 2.76. The zero-order chi connectivity index (χ0) is 7.57. The van der Waals surface area contributed by atoms with Gasteiger partial charge in [-0.3, -0.25) is 0 Å². The number of nitrogens with one attached hydrogen (secondary N) is 2. The molecule has 11 heavy (non-hydrogen) atoms. The van der Waals surface area contributed by atoms with Crippen LogP contribution >= 0.6 is 0 Å². The summed E-state index contributed by atoms with van der Waals surface area (Å²) in [7, 11) is 0. The van der Waals surface area contributed by atoms with Crippen LogP contribution < -0.4 is 16.2 Å². The van der Waals surface area contributed by atoms with Gasteiger partial charge in [-0.05, 0) is 12.8 Å². The molecule has 2 aliphatic rings. The predicted octanol–water partition coefficient (Wildman–Crippen LogP) is 0.359.